The Balaban J connectivity index is 2.72. The highest BCUT2D eigenvalue weighted by Gasteiger charge is 2.14. The summed E-state index contributed by atoms with van der Waals surface area (Å²) < 4.78 is 21.1. The first-order valence-corrected chi connectivity index (χ1v) is 5.77. The first kappa shape index (κ1) is 9.00. The lowest BCUT2D eigenvalue weighted by Crippen LogP contribution is -2.26. The van der Waals surface area contributed by atoms with E-state index in [9.17, 15) is 4.21 Å². The molecule has 0 aromatic heterocycles. The molecule has 4 heteroatoms. The molecule has 0 N–H and O–H groups in total. The van der Waals surface area contributed by atoms with E-state index in [0.29, 0.717) is 24.7 Å². The normalized spacial score (nSPS) is 23.5. The van der Waals surface area contributed by atoms with Gasteiger partial charge < -0.3 is 4.74 Å². The molecule has 1 aliphatic heterocycles. The van der Waals surface area contributed by atoms with E-state index in [-0.39, 0.29) is 6.04 Å². The van der Waals surface area contributed by atoms with Gasteiger partial charge in [0, 0.05) is 0 Å². The number of hydrogen-bond acceptors (Lipinski definition) is 3. The fourth-order valence-corrected chi connectivity index (χ4v) is 3.01. The molecule has 1 heterocycles. The Labute approximate surface area is 68.3 Å². The summed E-state index contributed by atoms with van der Waals surface area (Å²) in [6.07, 6.45) is 0. The zero-order valence-corrected chi connectivity index (χ0v) is 7.89. The third kappa shape index (κ3) is 2.79. The van der Waals surface area contributed by atoms with E-state index in [4.69, 9.17) is 4.74 Å². The molecule has 1 fully saturated rings. The second-order valence-corrected chi connectivity index (χ2v) is 5.56. The van der Waals surface area contributed by atoms with E-state index < -0.39 is 9.73 Å². The maximum absolute atomic E-state index is 11.8. The maximum atomic E-state index is 11.8. The van der Waals surface area contributed by atoms with Crippen LogP contribution in [-0.2, 0) is 14.5 Å². The van der Waals surface area contributed by atoms with Crippen molar-refractivity contribution in [2.75, 3.05) is 24.7 Å². The van der Waals surface area contributed by atoms with Crippen LogP contribution < -0.4 is 0 Å². The number of rotatable bonds is 1. The molecule has 0 atom stereocenters. The second kappa shape index (κ2) is 3.54. The highest BCUT2D eigenvalue weighted by molar-refractivity contribution is 7.93. The SMILES string of the molecule is CC(C)N=S1(=O)CCOCC1. The van der Waals surface area contributed by atoms with Crippen molar-refractivity contribution < 1.29 is 8.95 Å². The Morgan fingerprint density at radius 2 is 1.91 bits per heavy atom. The molecular formula is C7H15NO2S. The van der Waals surface area contributed by atoms with E-state index in [1.807, 2.05) is 13.8 Å². The lowest BCUT2D eigenvalue weighted by molar-refractivity contribution is 0.158. The predicted molar refractivity (Wildman–Crippen MR) is 46.3 cm³/mol. The van der Waals surface area contributed by atoms with Gasteiger partial charge in [0.15, 0.2) is 0 Å². The van der Waals surface area contributed by atoms with Crippen molar-refractivity contribution in [3.05, 3.63) is 0 Å². The Kier molecular flexibility index (Phi) is 2.90. The van der Waals surface area contributed by atoms with Gasteiger partial charge in [-0.05, 0) is 13.8 Å². The molecule has 0 bridgehead atoms. The molecule has 0 aromatic rings. The molecule has 0 aromatic carbocycles. The van der Waals surface area contributed by atoms with Crippen molar-refractivity contribution in [2.24, 2.45) is 4.36 Å². The summed E-state index contributed by atoms with van der Waals surface area (Å²) in [5.41, 5.74) is 0. The van der Waals surface area contributed by atoms with Crippen LogP contribution in [0, 0.1) is 0 Å². The van der Waals surface area contributed by atoms with Crippen LogP contribution in [0.25, 0.3) is 0 Å². The molecule has 0 amide bonds. The zero-order valence-electron chi connectivity index (χ0n) is 7.08. The van der Waals surface area contributed by atoms with Crippen molar-refractivity contribution in [3.8, 4) is 0 Å². The van der Waals surface area contributed by atoms with Crippen LogP contribution in [0.2, 0.25) is 0 Å². The fraction of sp³-hybridized carbons (Fsp3) is 1.00. The highest BCUT2D eigenvalue weighted by atomic mass is 32.2. The van der Waals surface area contributed by atoms with Crippen molar-refractivity contribution in [3.63, 3.8) is 0 Å². The van der Waals surface area contributed by atoms with Gasteiger partial charge in [-0.3, -0.25) is 0 Å². The Bertz CT molecular complexity index is 217. The molecule has 3 nitrogen and oxygen atoms in total. The molecule has 0 radical (unpaired) electrons. The Morgan fingerprint density at radius 3 is 2.36 bits per heavy atom. The molecule has 0 aliphatic carbocycles. The minimum Gasteiger partial charge on any atom is -0.379 e. The van der Waals surface area contributed by atoms with Gasteiger partial charge >= 0.3 is 0 Å². The zero-order chi connectivity index (χ0) is 8.32. The van der Waals surface area contributed by atoms with Gasteiger partial charge in [-0.15, -0.1) is 0 Å². The lowest BCUT2D eigenvalue weighted by atomic mass is 10.4. The summed E-state index contributed by atoms with van der Waals surface area (Å²) in [4.78, 5) is 0. The molecule has 1 aliphatic rings. The third-order valence-corrected chi connectivity index (χ3v) is 3.91. The average Bonchev–Trinajstić information content (AvgIpc) is 1.85. The number of hydrogen-bond donors (Lipinski definition) is 0. The van der Waals surface area contributed by atoms with Crippen LogP contribution in [0.3, 0.4) is 0 Å². The van der Waals surface area contributed by atoms with E-state index in [1.54, 1.807) is 0 Å². The van der Waals surface area contributed by atoms with Gasteiger partial charge in [0.1, 0.15) is 0 Å². The Morgan fingerprint density at radius 1 is 1.36 bits per heavy atom. The molecule has 66 valence electrons. The van der Waals surface area contributed by atoms with Gasteiger partial charge in [-0.25, -0.2) is 8.57 Å². The summed E-state index contributed by atoms with van der Waals surface area (Å²) in [7, 11) is -1.89. The van der Waals surface area contributed by atoms with Gasteiger partial charge in [-0.2, -0.15) is 0 Å². The molecule has 1 rings (SSSR count). The topological polar surface area (TPSA) is 38.7 Å². The summed E-state index contributed by atoms with van der Waals surface area (Å²) in [6.45, 7) is 5.13. The molecular weight excluding hydrogens is 162 g/mol. The van der Waals surface area contributed by atoms with Crippen LogP contribution >= 0.6 is 0 Å². The van der Waals surface area contributed by atoms with E-state index in [0.717, 1.165) is 0 Å². The monoisotopic (exact) mass is 177 g/mol. The summed E-state index contributed by atoms with van der Waals surface area (Å²) in [6, 6.07) is 0.181. The quantitative estimate of drug-likeness (QED) is 0.596. The summed E-state index contributed by atoms with van der Waals surface area (Å²) >= 11 is 0. The minimum atomic E-state index is -1.89. The molecule has 11 heavy (non-hydrogen) atoms. The van der Waals surface area contributed by atoms with Crippen molar-refractivity contribution in [1.82, 2.24) is 0 Å². The van der Waals surface area contributed by atoms with Crippen molar-refractivity contribution in [2.45, 2.75) is 19.9 Å². The molecule has 0 spiro atoms. The smallest absolute Gasteiger partial charge is 0.0590 e. The first-order valence-electron chi connectivity index (χ1n) is 3.92. The van der Waals surface area contributed by atoms with Crippen molar-refractivity contribution in [1.29, 1.82) is 0 Å². The van der Waals surface area contributed by atoms with Gasteiger partial charge in [0.05, 0.1) is 40.5 Å². The lowest BCUT2D eigenvalue weighted by Gasteiger charge is -2.16. The van der Waals surface area contributed by atoms with E-state index >= 15 is 0 Å². The average molecular weight is 177 g/mol. The van der Waals surface area contributed by atoms with E-state index in [1.165, 1.54) is 0 Å². The minimum absolute atomic E-state index is 0.181. The summed E-state index contributed by atoms with van der Waals surface area (Å²) in [5, 5.41) is 0. The van der Waals surface area contributed by atoms with Crippen LogP contribution in [0.5, 0.6) is 0 Å². The van der Waals surface area contributed by atoms with Gasteiger partial charge in [-0.1, -0.05) is 0 Å². The van der Waals surface area contributed by atoms with Crippen LogP contribution in [0.1, 0.15) is 13.8 Å². The Hall–Kier alpha value is -0.0900. The standard InChI is InChI=1S/C7H15NO2S/c1-7(2)8-11(9)5-3-10-4-6-11/h7H,3-6H2,1-2H3. The van der Waals surface area contributed by atoms with Gasteiger partial charge in [0.2, 0.25) is 0 Å². The van der Waals surface area contributed by atoms with Crippen molar-refractivity contribution >= 4 is 9.73 Å². The van der Waals surface area contributed by atoms with Gasteiger partial charge in [0.25, 0.3) is 0 Å². The van der Waals surface area contributed by atoms with Crippen LogP contribution in [0.4, 0.5) is 0 Å². The molecule has 1 saturated heterocycles. The predicted octanol–water partition coefficient (Wildman–Crippen LogP) is 0.893. The second-order valence-electron chi connectivity index (χ2n) is 2.99. The van der Waals surface area contributed by atoms with Crippen LogP contribution in [0.15, 0.2) is 4.36 Å². The number of ether oxygens (including phenoxy) is 1. The fourth-order valence-electron chi connectivity index (χ4n) is 1.07. The van der Waals surface area contributed by atoms with Crippen LogP contribution in [-0.4, -0.2) is 35.0 Å². The third-order valence-electron chi connectivity index (χ3n) is 1.50. The highest BCUT2D eigenvalue weighted by Crippen LogP contribution is 2.05. The number of nitrogens with zero attached hydrogens (tertiary/aromatic N) is 1. The largest absolute Gasteiger partial charge is 0.379 e. The first-order chi connectivity index (χ1) is 5.12. The molecule has 0 saturated carbocycles. The summed E-state index contributed by atoms with van der Waals surface area (Å²) in [5.74, 6) is 1.23. The van der Waals surface area contributed by atoms with E-state index in [2.05, 4.69) is 4.36 Å². The molecule has 0 unspecified atom stereocenters. The maximum Gasteiger partial charge on any atom is 0.0590 e.